The van der Waals surface area contributed by atoms with Gasteiger partial charge in [-0.1, -0.05) is 6.08 Å². The number of fused-ring (bicyclic) bond motifs is 1. The SMILES string of the molecule is CC(C)(C)OC(=O)N1CC=C(c2ncc(C(=O)NCc3ccn4ccnc4c3)s2)CC1. The first-order valence-corrected chi connectivity index (χ1v) is 10.9. The molecule has 0 fully saturated rings. The molecular weight excluding hydrogens is 414 g/mol. The summed E-state index contributed by atoms with van der Waals surface area (Å²) in [6.07, 6.45) is 9.49. The number of hydrogen-bond donors (Lipinski definition) is 1. The quantitative estimate of drug-likeness (QED) is 0.669. The summed E-state index contributed by atoms with van der Waals surface area (Å²) in [5.74, 6) is -0.154. The second-order valence-corrected chi connectivity index (χ2v) is 9.38. The molecule has 4 rings (SSSR count). The molecule has 0 radical (unpaired) electrons. The van der Waals surface area contributed by atoms with Crippen molar-refractivity contribution in [3.63, 3.8) is 0 Å². The first-order valence-electron chi connectivity index (χ1n) is 10.1. The van der Waals surface area contributed by atoms with E-state index >= 15 is 0 Å². The van der Waals surface area contributed by atoms with Gasteiger partial charge < -0.3 is 19.4 Å². The minimum atomic E-state index is -0.511. The van der Waals surface area contributed by atoms with Crippen LogP contribution in [-0.4, -0.2) is 50.0 Å². The van der Waals surface area contributed by atoms with E-state index in [4.69, 9.17) is 4.74 Å². The van der Waals surface area contributed by atoms with Gasteiger partial charge in [0, 0.05) is 38.2 Å². The van der Waals surface area contributed by atoms with Crippen molar-refractivity contribution in [2.24, 2.45) is 0 Å². The molecular formula is C22H25N5O3S. The number of ether oxygens (including phenoxy) is 1. The second-order valence-electron chi connectivity index (χ2n) is 8.35. The van der Waals surface area contributed by atoms with Crippen molar-refractivity contribution in [3.8, 4) is 0 Å². The van der Waals surface area contributed by atoms with Crippen LogP contribution in [0.2, 0.25) is 0 Å². The summed E-state index contributed by atoms with van der Waals surface area (Å²) in [4.78, 5) is 35.7. The zero-order chi connectivity index (χ0) is 22.0. The van der Waals surface area contributed by atoms with Crippen LogP contribution in [0.25, 0.3) is 11.2 Å². The monoisotopic (exact) mass is 439 g/mol. The Morgan fingerprint density at radius 1 is 1.26 bits per heavy atom. The highest BCUT2D eigenvalue weighted by Gasteiger charge is 2.24. The highest BCUT2D eigenvalue weighted by molar-refractivity contribution is 7.14. The van der Waals surface area contributed by atoms with E-state index in [0.29, 0.717) is 30.9 Å². The lowest BCUT2D eigenvalue weighted by Gasteiger charge is -2.29. The summed E-state index contributed by atoms with van der Waals surface area (Å²) < 4.78 is 7.34. The van der Waals surface area contributed by atoms with E-state index in [0.717, 1.165) is 21.8 Å². The number of thiazole rings is 1. The molecule has 0 atom stereocenters. The standard InChI is InChI=1S/C22H25N5O3S/c1-22(2,3)30-21(29)27-9-5-16(6-10-27)20-25-14-17(31-20)19(28)24-13-15-4-8-26-11-7-23-18(26)12-15/h4-5,7-8,11-12,14H,6,9-10,13H2,1-3H3,(H,24,28). The van der Waals surface area contributed by atoms with Gasteiger partial charge in [0.05, 0.1) is 6.20 Å². The Morgan fingerprint density at radius 3 is 2.84 bits per heavy atom. The van der Waals surface area contributed by atoms with Gasteiger partial charge in [-0.2, -0.15) is 0 Å². The summed E-state index contributed by atoms with van der Waals surface area (Å²) in [6, 6.07) is 3.90. The normalized spacial score (nSPS) is 14.4. The van der Waals surface area contributed by atoms with Gasteiger partial charge in [0.25, 0.3) is 5.91 Å². The Bertz CT molecular complexity index is 1140. The number of nitrogens with zero attached hydrogens (tertiary/aromatic N) is 4. The maximum absolute atomic E-state index is 12.6. The minimum Gasteiger partial charge on any atom is -0.444 e. The third-order valence-corrected chi connectivity index (χ3v) is 5.85. The number of hydrogen-bond acceptors (Lipinski definition) is 6. The predicted molar refractivity (Wildman–Crippen MR) is 119 cm³/mol. The molecule has 4 heterocycles. The highest BCUT2D eigenvalue weighted by atomic mass is 32.1. The number of nitrogens with one attached hydrogen (secondary N) is 1. The summed E-state index contributed by atoms with van der Waals surface area (Å²) in [5, 5.41) is 3.75. The van der Waals surface area contributed by atoms with E-state index in [1.807, 2.05) is 55.8 Å². The summed E-state index contributed by atoms with van der Waals surface area (Å²) in [5.41, 5.74) is 2.36. The molecule has 3 aromatic heterocycles. The van der Waals surface area contributed by atoms with Crippen molar-refractivity contribution < 1.29 is 14.3 Å². The van der Waals surface area contributed by atoms with Crippen molar-refractivity contribution in [2.45, 2.75) is 39.3 Å². The van der Waals surface area contributed by atoms with Gasteiger partial charge in [-0.25, -0.2) is 14.8 Å². The Morgan fingerprint density at radius 2 is 2.10 bits per heavy atom. The van der Waals surface area contributed by atoms with Crippen molar-refractivity contribution in [3.05, 3.63) is 58.4 Å². The van der Waals surface area contributed by atoms with Gasteiger partial charge in [-0.3, -0.25) is 4.79 Å². The van der Waals surface area contributed by atoms with Crippen LogP contribution in [0, 0.1) is 0 Å². The molecule has 0 aromatic carbocycles. The zero-order valence-electron chi connectivity index (χ0n) is 17.8. The van der Waals surface area contributed by atoms with Crippen molar-refractivity contribution in [2.75, 3.05) is 13.1 Å². The summed E-state index contributed by atoms with van der Waals surface area (Å²) >= 11 is 1.36. The molecule has 0 unspecified atom stereocenters. The zero-order valence-corrected chi connectivity index (χ0v) is 18.6. The lowest BCUT2D eigenvalue weighted by atomic mass is 10.1. The molecule has 0 bridgehead atoms. The fourth-order valence-corrected chi connectivity index (χ4v) is 4.12. The van der Waals surface area contributed by atoms with Gasteiger partial charge in [-0.15, -0.1) is 11.3 Å². The van der Waals surface area contributed by atoms with Crippen LogP contribution < -0.4 is 5.32 Å². The molecule has 162 valence electrons. The van der Waals surface area contributed by atoms with E-state index in [9.17, 15) is 9.59 Å². The lowest BCUT2D eigenvalue weighted by Crippen LogP contribution is -2.39. The lowest BCUT2D eigenvalue weighted by molar-refractivity contribution is 0.0270. The summed E-state index contributed by atoms with van der Waals surface area (Å²) in [7, 11) is 0. The van der Waals surface area contributed by atoms with Crippen LogP contribution in [0.3, 0.4) is 0 Å². The van der Waals surface area contributed by atoms with Crippen molar-refractivity contribution in [1.82, 2.24) is 24.6 Å². The fourth-order valence-electron chi connectivity index (χ4n) is 3.22. The number of carbonyl (C=O) groups is 2. The topological polar surface area (TPSA) is 88.8 Å². The average Bonchev–Trinajstić information content (AvgIpc) is 3.40. The molecule has 1 N–H and O–H groups in total. The van der Waals surface area contributed by atoms with Crippen molar-refractivity contribution >= 4 is 34.6 Å². The Labute approximate surface area is 184 Å². The van der Waals surface area contributed by atoms with E-state index < -0.39 is 5.60 Å². The number of imidazole rings is 1. The predicted octanol–water partition coefficient (Wildman–Crippen LogP) is 3.75. The van der Waals surface area contributed by atoms with Crippen LogP contribution in [0.5, 0.6) is 0 Å². The Hall–Kier alpha value is -3.20. The molecule has 8 nitrogen and oxygen atoms in total. The first kappa shape index (κ1) is 21.0. The minimum absolute atomic E-state index is 0.154. The molecule has 0 spiro atoms. The first-order chi connectivity index (χ1) is 14.8. The molecule has 0 saturated heterocycles. The highest BCUT2D eigenvalue weighted by Crippen LogP contribution is 2.27. The molecule has 1 aliphatic rings. The maximum Gasteiger partial charge on any atom is 0.410 e. The van der Waals surface area contributed by atoms with Gasteiger partial charge in [-0.05, 0) is 50.5 Å². The smallest absolute Gasteiger partial charge is 0.410 e. The molecule has 1 aliphatic heterocycles. The van der Waals surface area contributed by atoms with Gasteiger partial charge in [0.1, 0.15) is 21.1 Å². The number of carbonyl (C=O) groups excluding carboxylic acids is 2. The molecule has 9 heteroatoms. The average molecular weight is 440 g/mol. The van der Waals surface area contributed by atoms with E-state index in [-0.39, 0.29) is 12.0 Å². The number of pyridine rings is 1. The fraction of sp³-hybridized carbons (Fsp3) is 0.364. The van der Waals surface area contributed by atoms with E-state index in [2.05, 4.69) is 15.3 Å². The van der Waals surface area contributed by atoms with Crippen LogP contribution >= 0.6 is 11.3 Å². The van der Waals surface area contributed by atoms with Gasteiger partial charge in [0.15, 0.2) is 0 Å². The molecule has 0 aliphatic carbocycles. The molecule has 2 amide bonds. The van der Waals surface area contributed by atoms with Crippen LogP contribution in [-0.2, 0) is 11.3 Å². The van der Waals surface area contributed by atoms with Gasteiger partial charge in [0.2, 0.25) is 0 Å². The molecule has 3 aromatic rings. The van der Waals surface area contributed by atoms with Crippen molar-refractivity contribution in [1.29, 1.82) is 0 Å². The number of aromatic nitrogens is 3. The Kier molecular flexibility index (Phi) is 5.77. The van der Waals surface area contributed by atoms with Crippen LogP contribution in [0.4, 0.5) is 4.79 Å². The molecule has 0 saturated carbocycles. The third kappa shape index (κ3) is 5.11. The van der Waals surface area contributed by atoms with Gasteiger partial charge >= 0.3 is 6.09 Å². The second kappa shape index (κ2) is 8.50. The maximum atomic E-state index is 12.6. The van der Waals surface area contributed by atoms with E-state index in [1.165, 1.54) is 11.3 Å². The largest absolute Gasteiger partial charge is 0.444 e. The third-order valence-electron chi connectivity index (χ3n) is 4.78. The molecule has 31 heavy (non-hydrogen) atoms. The van der Waals surface area contributed by atoms with Crippen LogP contribution in [0.1, 0.15) is 47.4 Å². The summed E-state index contributed by atoms with van der Waals surface area (Å²) in [6.45, 7) is 7.03. The van der Waals surface area contributed by atoms with Crippen LogP contribution in [0.15, 0.2) is 43.0 Å². The number of rotatable bonds is 4. The Balaban J connectivity index is 1.34. The number of amides is 2. The van der Waals surface area contributed by atoms with E-state index in [1.54, 1.807) is 17.3 Å².